The Bertz CT molecular complexity index is 921. The minimum atomic E-state index is 0.584. The molecule has 3 aromatic rings. The molecule has 2 nitrogen and oxygen atoms in total. The van der Waals surface area contributed by atoms with Crippen molar-refractivity contribution in [2.24, 2.45) is 11.8 Å². The zero-order valence-electron chi connectivity index (χ0n) is 16.6. The molecule has 1 aliphatic rings. The van der Waals surface area contributed by atoms with Crippen molar-refractivity contribution in [1.82, 2.24) is 4.98 Å². The Morgan fingerprint density at radius 1 is 1.04 bits per heavy atom. The van der Waals surface area contributed by atoms with E-state index in [4.69, 9.17) is 4.74 Å². The summed E-state index contributed by atoms with van der Waals surface area (Å²) in [4.78, 5) is 4.50. The van der Waals surface area contributed by atoms with E-state index in [2.05, 4.69) is 68.2 Å². The maximum absolute atomic E-state index is 6.27. The first-order valence-electron chi connectivity index (χ1n) is 10.2. The molecule has 0 N–H and O–H groups in total. The molecule has 0 unspecified atom stereocenters. The summed E-state index contributed by atoms with van der Waals surface area (Å²) in [5.74, 6) is 3.04. The molecule has 0 amide bonds. The fourth-order valence-electron chi connectivity index (χ4n) is 4.01. The number of nitrogens with zero attached hydrogens (tertiary/aromatic N) is 1. The van der Waals surface area contributed by atoms with E-state index in [0.29, 0.717) is 17.8 Å². The van der Waals surface area contributed by atoms with Gasteiger partial charge in [-0.1, -0.05) is 45.0 Å². The van der Waals surface area contributed by atoms with Crippen molar-refractivity contribution in [3.05, 3.63) is 60.3 Å². The Labute approximate surface area is 162 Å². The van der Waals surface area contributed by atoms with Gasteiger partial charge in [-0.3, -0.25) is 4.98 Å². The van der Waals surface area contributed by atoms with E-state index in [0.717, 1.165) is 17.9 Å². The second-order valence-electron chi connectivity index (χ2n) is 8.45. The van der Waals surface area contributed by atoms with Crippen LogP contribution in [0.4, 0.5) is 0 Å². The lowest BCUT2D eigenvalue weighted by Crippen LogP contribution is -2.11. The maximum Gasteiger partial charge on any atom is 0.122 e. The second-order valence-corrected chi connectivity index (χ2v) is 8.45. The average Bonchev–Trinajstić information content (AvgIpc) is 3.50. The highest BCUT2D eigenvalue weighted by Gasteiger charge is 2.27. The molecule has 0 saturated heterocycles. The highest BCUT2D eigenvalue weighted by molar-refractivity contribution is 5.94. The number of hydrogen-bond donors (Lipinski definition) is 0. The van der Waals surface area contributed by atoms with Crippen molar-refractivity contribution >= 4 is 10.9 Å². The Morgan fingerprint density at radius 3 is 2.63 bits per heavy atom. The Balaban J connectivity index is 1.63. The summed E-state index contributed by atoms with van der Waals surface area (Å²) >= 11 is 0. The third-order valence-electron chi connectivity index (χ3n) is 5.38. The van der Waals surface area contributed by atoms with Crippen LogP contribution in [0.2, 0.25) is 0 Å². The molecule has 27 heavy (non-hydrogen) atoms. The lowest BCUT2D eigenvalue weighted by Gasteiger charge is -2.18. The van der Waals surface area contributed by atoms with Crippen molar-refractivity contribution in [1.29, 1.82) is 0 Å². The predicted molar refractivity (Wildman–Crippen MR) is 113 cm³/mol. The van der Waals surface area contributed by atoms with E-state index in [1.54, 1.807) is 0 Å². The zero-order chi connectivity index (χ0) is 18.8. The fourth-order valence-corrected chi connectivity index (χ4v) is 4.01. The number of pyridine rings is 1. The van der Waals surface area contributed by atoms with Crippen LogP contribution in [0, 0.1) is 11.8 Å². The molecule has 2 heteroatoms. The normalized spacial score (nSPS) is 15.3. The molecule has 0 aliphatic heterocycles. The van der Waals surface area contributed by atoms with Gasteiger partial charge in [0.2, 0.25) is 0 Å². The van der Waals surface area contributed by atoms with Gasteiger partial charge in [0, 0.05) is 11.6 Å². The second kappa shape index (κ2) is 7.72. The van der Waals surface area contributed by atoms with Gasteiger partial charge in [0.05, 0.1) is 12.1 Å². The zero-order valence-corrected chi connectivity index (χ0v) is 16.6. The topological polar surface area (TPSA) is 22.1 Å². The smallest absolute Gasteiger partial charge is 0.122 e. The van der Waals surface area contributed by atoms with Gasteiger partial charge in [-0.2, -0.15) is 0 Å². The van der Waals surface area contributed by atoms with Gasteiger partial charge in [0.25, 0.3) is 0 Å². The summed E-state index contributed by atoms with van der Waals surface area (Å²) in [6, 6.07) is 17.2. The molecule has 140 valence electrons. The quantitative estimate of drug-likeness (QED) is 0.461. The van der Waals surface area contributed by atoms with Crippen molar-refractivity contribution in [3.8, 4) is 16.9 Å². The highest BCUT2D eigenvalue weighted by Crippen LogP contribution is 2.46. The van der Waals surface area contributed by atoms with Crippen molar-refractivity contribution in [2.45, 2.75) is 46.0 Å². The SMILES string of the molecule is CC(C)C[C@H](C)COc1ccc(-c2ccnc3ccccc23)cc1C1CC1. The third-order valence-corrected chi connectivity index (χ3v) is 5.38. The van der Waals surface area contributed by atoms with Crippen molar-refractivity contribution in [3.63, 3.8) is 0 Å². The van der Waals surface area contributed by atoms with E-state index in [9.17, 15) is 0 Å². The largest absolute Gasteiger partial charge is 0.493 e. The van der Waals surface area contributed by atoms with Gasteiger partial charge in [-0.05, 0) is 78.0 Å². The standard InChI is InChI=1S/C25H29NO/c1-17(2)14-18(3)16-27-25-11-10-20(15-23(25)19-8-9-19)21-12-13-26-24-7-5-4-6-22(21)24/h4-7,10-13,15,17-19H,8-9,14,16H2,1-3H3/t18-/m0/s1. The Kier molecular flexibility index (Phi) is 5.15. The molecular formula is C25H29NO. The number of fused-ring (bicyclic) bond motifs is 1. The van der Waals surface area contributed by atoms with Crippen LogP contribution in [0.1, 0.15) is 51.5 Å². The Hall–Kier alpha value is -2.35. The van der Waals surface area contributed by atoms with Crippen LogP contribution < -0.4 is 4.74 Å². The first-order chi connectivity index (χ1) is 13.1. The number of aromatic nitrogens is 1. The molecule has 0 bridgehead atoms. The molecular weight excluding hydrogens is 330 g/mol. The van der Waals surface area contributed by atoms with Gasteiger partial charge >= 0.3 is 0 Å². The molecule has 1 saturated carbocycles. The van der Waals surface area contributed by atoms with Crippen molar-refractivity contribution < 1.29 is 4.74 Å². The predicted octanol–water partition coefficient (Wildman–Crippen LogP) is 6.84. The average molecular weight is 360 g/mol. The van der Waals surface area contributed by atoms with Gasteiger partial charge in [-0.25, -0.2) is 0 Å². The molecule has 1 fully saturated rings. The molecule has 0 spiro atoms. The van der Waals surface area contributed by atoms with Crippen LogP contribution in [0.3, 0.4) is 0 Å². The fraction of sp³-hybridized carbons (Fsp3) is 0.400. The molecule has 1 aliphatic carbocycles. The molecule has 2 aromatic carbocycles. The number of benzene rings is 2. The minimum Gasteiger partial charge on any atom is -0.493 e. The lowest BCUT2D eigenvalue weighted by atomic mass is 9.97. The van der Waals surface area contributed by atoms with Crippen LogP contribution in [0.5, 0.6) is 5.75 Å². The lowest BCUT2D eigenvalue weighted by molar-refractivity contribution is 0.237. The highest BCUT2D eigenvalue weighted by atomic mass is 16.5. The van der Waals surface area contributed by atoms with Gasteiger partial charge < -0.3 is 4.74 Å². The summed E-state index contributed by atoms with van der Waals surface area (Å²) in [5, 5.41) is 1.21. The Morgan fingerprint density at radius 2 is 1.85 bits per heavy atom. The first-order valence-corrected chi connectivity index (χ1v) is 10.2. The van der Waals surface area contributed by atoms with E-state index < -0.39 is 0 Å². The third kappa shape index (κ3) is 4.16. The molecule has 1 heterocycles. The van der Waals surface area contributed by atoms with E-state index in [1.165, 1.54) is 41.3 Å². The van der Waals surface area contributed by atoms with Crippen LogP contribution in [-0.2, 0) is 0 Å². The molecule has 1 atom stereocenters. The van der Waals surface area contributed by atoms with Gasteiger partial charge in [0.15, 0.2) is 0 Å². The maximum atomic E-state index is 6.27. The van der Waals surface area contributed by atoms with Crippen LogP contribution in [0.25, 0.3) is 22.0 Å². The molecule has 1 aromatic heterocycles. The van der Waals surface area contributed by atoms with Crippen LogP contribution in [0.15, 0.2) is 54.7 Å². The summed E-state index contributed by atoms with van der Waals surface area (Å²) in [7, 11) is 0. The summed E-state index contributed by atoms with van der Waals surface area (Å²) in [6.45, 7) is 7.64. The number of rotatable bonds is 7. The summed E-state index contributed by atoms with van der Waals surface area (Å²) in [5.41, 5.74) is 4.94. The van der Waals surface area contributed by atoms with Crippen LogP contribution >= 0.6 is 0 Å². The minimum absolute atomic E-state index is 0.584. The van der Waals surface area contributed by atoms with Gasteiger partial charge in [0.1, 0.15) is 5.75 Å². The van der Waals surface area contributed by atoms with Crippen molar-refractivity contribution in [2.75, 3.05) is 6.61 Å². The molecule has 0 radical (unpaired) electrons. The van der Waals surface area contributed by atoms with Gasteiger partial charge in [-0.15, -0.1) is 0 Å². The van der Waals surface area contributed by atoms with E-state index >= 15 is 0 Å². The number of hydrogen-bond acceptors (Lipinski definition) is 2. The molecule has 4 rings (SSSR count). The first kappa shape index (κ1) is 18.0. The van der Waals surface area contributed by atoms with E-state index in [-0.39, 0.29) is 0 Å². The number of para-hydroxylation sites is 1. The summed E-state index contributed by atoms with van der Waals surface area (Å²) < 4.78 is 6.27. The summed E-state index contributed by atoms with van der Waals surface area (Å²) in [6.07, 6.45) is 5.67. The van der Waals surface area contributed by atoms with Crippen LogP contribution in [-0.4, -0.2) is 11.6 Å². The number of ether oxygens (including phenoxy) is 1. The monoisotopic (exact) mass is 359 g/mol. The van der Waals surface area contributed by atoms with E-state index in [1.807, 2.05) is 12.3 Å².